The molecule has 0 aliphatic carbocycles. The average molecular weight is 333 g/mol. The van der Waals surface area contributed by atoms with Gasteiger partial charge in [0, 0.05) is 0 Å². The average Bonchev–Trinajstić information content (AvgIpc) is 3.02. The highest BCUT2D eigenvalue weighted by atomic mass is 35.5. The van der Waals surface area contributed by atoms with Crippen molar-refractivity contribution in [2.45, 2.75) is 6.61 Å². The Labute approximate surface area is 135 Å². The van der Waals surface area contributed by atoms with E-state index >= 15 is 0 Å². The lowest BCUT2D eigenvalue weighted by molar-refractivity contribution is 0.0433. The van der Waals surface area contributed by atoms with Crippen molar-refractivity contribution in [3.05, 3.63) is 70.8 Å². The molecule has 2 aromatic carbocycles. The van der Waals surface area contributed by atoms with Crippen molar-refractivity contribution in [1.82, 2.24) is 10.2 Å². The van der Waals surface area contributed by atoms with Crippen LogP contribution in [0.2, 0.25) is 5.02 Å². The minimum Gasteiger partial charge on any atom is -0.452 e. The normalized spacial score (nSPS) is 10.5. The monoisotopic (exact) mass is 332 g/mol. The molecule has 116 valence electrons. The number of ether oxygens (including phenoxy) is 1. The molecule has 7 heteroatoms. The number of rotatable bonds is 4. The second kappa shape index (κ2) is 6.58. The molecule has 0 radical (unpaired) electrons. The maximum absolute atomic E-state index is 13.5. The van der Waals surface area contributed by atoms with E-state index in [9.17, 15) is 9.18 Å². The third-order valence-corrected chi connectivity index (χ3v) is 3.32. The molecule has 0 fully saturated rings. The van der Waals surface area contributed by atoms with Crippen LogP contribution in [0.3, 0.4) is 0 Å². The van der Waals surface area contributed by atoms with Crippen LogP contribution in [0.15, 0.2) is 52.9 Å². The van der Waals surface area contributed by atoms with E-state index < -0.39 is 11.8 Å². The van der Waals surface area contributed by atoms with E-state index in [4.69, 9.17) is 20.8 Å². The summed E-state index contributed by atoms with van der Waals surface area (Å²) in [6, 6.07) is 12.5. The number of aromatic nitrogens is 2. The van der Waals surface area contributed by atoms with Gasteiger partial charge >= 0.3 is 5.97 Å². The Kier molecular flexibility index (Phi) is 4.34. The molecule has 0 amide bonds. The summed E-state index contributed by atoms with van der Waals surface area (Å²) in [5, 5.41) is 8.09. The summed E-state index contributed by atoms with van der Waals surface area (Å²) in [7, 11) is 0. The van der Waals surface area contributed by atoms with Crippen LogP contribution >= 0.6 is 11.6 Å². The van der Waals surface area contributed by atoms with Crippen molar-refractivity contribution < 1.29 is 18.3 Å². The first-order valence-corrected chi connectivity index (χ1v) is 7.02. The standard InChI is InChI=1S/C16H10ClFN2O3/c17-12-7-3-1-5-10(12)15-20-19-14(23-15)9-22-16(21)11-6-2-4-8-13(11)18/h1-8H,9H2. The van der Waals surface area contributed by atoms with E-state index in [-0.39, 0.29) is 24.0 Å². The number of hydrogen-bond donors (Lipinski definition) is 0. The molecule has 5 nitrogen and oxygen atoms in total. The molecule has 0 spiro atoms. The summed E-state index contributed by atoms with van der Waals surface area (Å²) in [6.45, 7) is -0.259. The van der Waals surface area contributed by atoms with Gasteiger partial charge in [0.1, 0.15) is 5.82 Å². The highest BCUT2D eigenvalue weighted by molar-refractivity contribution is 6.33. The number of benzene rings is 2. The van der Waals surface area contributed by atoms with Crippen molar-refractivity contribution in [1.29, 1.82) is 0 Å². The molecule has 0 atom stereocenters. The van der Waals surface area contributed by atoms with Crippen LogP contribution in [0.1, 0.15) is 16.2 Å². The van der Waals surface area contributed by atoms with Crippen LogP contribution in [0, 0.1) is 5.82 Å². The minimum absolute atomic E-state index is 0.0876. The lowest BCUT2D eigenvalue weighted by atomic mass is 10.2. The van der Waals surface area contributed by atoms with Gasteiger partial charge in [0.2, 0.25) is 5.89 Å². The number of esters is 1. The van der Waals surface area contributed by atoms with E-state index in [1.54, 1.807) is 30.3 Å². The zero-order valence-corrected chi connectivity index (χ0v) is 12.5. The first kappa shape index (κ1) is 15.2. The molecule has 3 rings (SSSR count). The lowest BCUT2D eigenvalue weighted by Crippen LogP contribution is -2.07. The van der Waals surface area contributed by atoms with Gasteiger partial charge in [-0.25, -0.2) is 9.18 Å². The largest absolute Gasteiger partial charge is 0.452 e. The SMILES string of the molecule is O=C(OCc1nnc(-c2ccccc2Cl)o1)c1ccccc1F. The van der Waals surface area contributed by atoms with Crippen molar-refractivity contribution in [3.8, 4) is 11.5 Å². The third kappa shape index (κ3) is 3.37. The third-order valence-electron chi connectivity index (χ3n) is 2.99. The molecule has 0 saturated carbocycles. The predicted octanol–water partition coefficient (Wildman–Crippen LogP) is 3.89. The first-order chi connectivity index (χ1) is 11.1. The fourth-order valence-corrected chi connectivity index (χ4v) is 2.10. The highest BCUT2D eigenvalue weighted by Crippen LogP contribution is 2.26. The molecule has 23 heavy (non-hydrogen) atoms. The van der Waals surface area contributed by atoms with Crippen molar-refractivity contribution >= 4 is 17.6 Å². The van der Waals surface area contributed by atoms with Gasteiger partial charge in [0.05, 0.1) is 16.1 Å². The molecule has 1 aromatic heterocycles. The molecule has 0 N–H and O–H groups in total. The number of carbonyl (C=O) groups excluding carboxylic acids is 1. The van der Waals surface area contributed by atoms with E-state index in [1.165, 1.54) is 18.2 Å². The van der Waals surface area contributed by atoms with Gasteiger partial charge in [0.25, 0.3) is 5.89 Å². The van der Waals surface area contributed by atoms with Crippen LogP contribution < -0.4 is 0 Å². The lowest BCUT2D eigenvalue weighted by Gasteiger charge is -2.02. The Morgan fingerprint density at radius 2 is 1.87 bits per heavy atom. The maximum Gasteiger partial charge on any atom is 0.341 e. The molecule has 0 aliphatic rings. The van der Waals surface area contributed by atoms with Crippen molar-refractivity contribution in [3.63, 3.8) is 0 Å². The van der Waals surface area contributed by atoms with Gasteiger partial charge in [-0.05, 0) is 24.3 Å². The number of hydrogen-bond acceptors (Lipinski definition) is 5. The summed E-state index contributed by atoms with van der Waals surface area (Å²) in [5.74, 6) is -1.16. The Morgan fingerprint density at radius 1 is 1.13 bits per heavy atom. The smallest absolute Gasteiger partial charge is 0.341 e. The van der Waals surface area contributed by atoms with Gasteiger partial charge in [-0.3, -0.25) is 0 Å². The maximum atomic E-state index is 13.5. The summed E-state index contributed by atoms with van der Waals surface area (Å²) < 4.78 is 23.8. The summed E-state index contributed by atoms with van der Waals surface area (Å²) in [6.07, 6.45) is 0. The Hall–Kier alpha value is -2.73. The quantitative estimate of drug-likeness (QED) is 0.678. The fourth-order valence-electron chi connectivity index (χ4n) is 1.89. The molecule has 1 heterocycles. The van der Waals surface area contributed by atoms with Gasteiger partial charge < -0.3 is 9.15 Å². The van der Waals surface area contributed by atoms with Crippen LogP contribution in [-0.4, -0.2) is 16.2 Å². The summed E-state index contributed by atoms with van der Waals surface area (Å²) in [5.41, 5.74) is 0.423. The molecule has 0 unspecified atom stereocenters. The van der Waals surface area contributed by atoms with Gasteiger partial charge in [-0.1, -0.05) is 35.9 Å². The van der Waals surface area contributed by atoms with Crippen LogP contribution in [0.4, 0.5) is 4.39 Å². The minimum atomic E-state index is -0.805. The van der Waals surface area contributed by atoms with Crippen LogP contribution in [0.5, 0.6) is 0 Å². The Balaban J connectivity index is 1.70. The highest BCUT2D eigenvalue weighted by Gasteiger charge is 2.15. The van der Waals surface area contributed by atoms with Gasteiger partial charge in [-0.2, -0.15) is 0 Å². The van der Waals surface area contributed by atoms with E-state index in [0.717, 1.165) is 0 Å². The molecule has 0 aliphatic heterocycles. The zero-order valence-electron chi connectivity index (χ0n) is 11.7. The molecule has 3 aromatic rings. The Bertz CT molecular complexity index is 851. The second-order valence-corrected chi connectivity index (χ2v) is 4.94. The number of nitrogens with zero attached hydrogens (tertiary/aromatic N) is 2. The van der Waals surface area contributed by atoms with E-state index in [1.807, 2.05) is 0 Å². The number of halogens is 2. The topological polar surface area (TPSA) is 65.2 Å². The van der Waals surface area contributed by atoms with Crippen LogP contribution in [-0.2, 0) is 11.3 Å². The predicted molar refractivity (Wildman–Crippen MR) is 80.3 cm³/mol. The summed E-state index contributed by atoms with van der Waals surface area (Å²) in [4.78, 5) is 11.8. The molecule has 0 bridgehead atoms. The van der Waals surface area contributed by atoms with Crippen molar-refractivity contribution in [2.75, 3.05) is 0 Å². The van der Waals surface area contributed by atoms with Crippen LogP contribution in [0.25, 0.3) is 11.5 Å². The van der Waals surface area contributed by atoms with Crippen molar-refractivity contribution in [2.24, 2.45) is 0 Å². The number of carbonyl (C=O) groups is 1. The zero-order chi connectivity index (χ0) is 16.2. The summed E-state index contributed by atoms with van der Waals surface area (Å²) >= 11 is 6.04. The molecule has 0 saturated heterocycles. The second-order valence-electron chi connectivity index (χ2n) is 4.54. The van der Waals surface area contributed by atoms with Gasteiger partial charge in [0.15, 0.2) is 6.61 Å². The van der Waals surface area contributed by atoms with Gasteiger partial charge in [-0.15, -0.1) is 10.2 Å². The molecular weight excluding hydrogens is 323 g/mol. The Morgan fingerprint density at radius 3 is 2.65 bits per heavy atom. The van der Waals surface area contributed by atoms with E-state index in [2.05, 4.69) is 10.2 Å². The fraction of sp³-hybridized carbons (Fsp3) is 0.0625. The molecular formula is C16H10ClFN2O3. The first-order valence-electron chi connectivity index (χ1n) is 6.64. The van der Waals surface area contributed by atoms with E-state index in [0.29, 0.717) is 10.6 Å².